The molecule has 0 saturated carbocycles. The van der Waals surface area contributed by atoms with Gasteiger partial charge in [-0.2, -0.15) is 0 Å². The summed E-state index contributed by atoms with van der Waals surface area (Å²) in [6, 6.07) is 21.1. The van der Waals surface area contributed by atoms with E-state index < -0.39 is 0 Å². The number of benzene rings is 3. The zero-order valence-corrected chi connectivity index (χ0v) is 20.4. The van der Waals surface area contributed by atoms with Gasteiger partial charge in [0, 0.05) is 30.2 Å². The van der Waals surface area contributed by atoms with Gasteiger partial charge >= 0.3 is 0 Å². The van der Waals surface area contributed by atoms with Crippen LogP contribution in [0.25, 0.3) is 22.2 Å². The first kappa shape index (κ1) is 22.0. The first-order valence-electron chi connectivity index (χ1n) is 11.9. The fourth-order valence-electron chi connectivity index (χ4n) is 4.85. The Kier molecular flexibility index (Phi) is 5.07. The average Bonchev–Trinajstić information content (AvgIpc) is 3.38. The second-order valence-corrected chi connectivity index (χ2v) is 9.25. The van der Waals surface area contributed by atoms with E-state index in [-0.39, 0.29) is 11.8 Å². The lowest BCUT2D eigenvalue weighted by Gasteiger charge is -2.33. The van der Waals surface area contributed by atoms with Gasteiger partial charge in [0.15, 0.2) is 0 Å². The summed E-state index contributed by atoms with van der Waals surface area (Å²) in [7, 11) is 1.73. The third kappa shape index (κ3) is 3.51. The van der Waals surface area contributed by atoms with E-state index in [0.29, 0.717) is 29.3 Å². The number of aliphatic imine (C=N–C) groups is 1. The number of guanidine groups is 1. The topological polar surface area (TPSA) is 77.9 Å². The van der Waals surface area contributed by atoms with E-state index in [9.17, 15) is 9.59 Å². The van der Waals surface area contributed by atoms with Gasteiger partial charge in [-0.25, -0.2) is 4.98 Å². The van der Waals surface area contributed by atoms with Gasteiger partial charge in [-0.15, -0.1) is 0 Å². The summed E-state index contributed by atoms with van der Waals surface area (Å²) in [5.41, 5.74) is 7.29. The van der Waals surface area contributed by atoms with Gasteiger partial charge in [0.25, 0.3) is 11.8 Å². The molecule has 0 radical (unpaired) electrons. The summed E-state index contributed by atoms with van der Waals surface area (Å²) in [5, 5.41) is 3.78. The van der Waals surface area contributed by atoms with E-state index in [1.54, 1.807) is 18.0 Å². The van der Waals surface area contributed by atoms with E-state index in [1.807, 2.05) is 53.4 Å². The van der Waals surface area contributed by atoms with Crippen LogP contribution in [-0.4, -0.2) is 47.8 Å². The molecule has 1 N–H and O–H groups in total. The van der Waals surface area contributed by atoms with Gasteiger partial charge < -0.3 is 10.2 Å². The molecular weight excluding hydrogens is 450 g/mol. The van der Waals surface area contributed by atoms with Crippen molar-refractivity contribution in [1.29, 1.82) is 0 Å². The van der Waals surface area contributed by atoms with Crippen molar-refractivity contribution >= 4 is 40.1 Å². The number of hydrogen-bond donors (Lipinski definition) is 1. The number of aromatic nitrogens is 1. The number of aryl methyl sites for hydroxylation is 2. The van der Waals surface area contributed by atoms with Crippen LogP contribution < -0.4 is 10.2 Å². The summed E-state index contributed by atoms with van der Waals surface area (Å²) in [4.78, 5) is 39.4. The van der Waals surface area contributed by atoms with Crippen LogP contribution in [0.4, 0.5) is 11.4 Å². The van der Waals surface area contributed by atoms with Crippen LogP contribution in [0.3, 0.4) is 0 Å². The normalized spacial score (nSPS) is 14.5. The maximum atomic E-state index is 13.6. The second-order valence-electron chi connectivity index (χ2n) is 9.25. The lowest BCUT2D eigenvalue weighted by molar-refractivity contribution is 0.0865. The smallest absolute Gasteiger partial charge is 0.262 e. The van der Waals surface area contributed by atoms with Gasteiger partial charge in [0.1, 0.15) is 0 Å². The minimum Gasteiger partial charge on any atom is -0.322 e. The van der Waals surface area contributed by atoms with E-state index in [2.05, 4.69) is 36.3 Å². The summed E-state index contributed by atoms with van der Waals surface area (Å²) in [6.45, 7) is 5.53. The molecule has 178 valence electrons. The highest BCUT2D eigenvalue weighted by molar-refractivity contribution is 6.20. The van der Waals surface area contributed by atoms with E-state index in [0.717, 1.165) is 34.4 Å². The van der Waals surface area contributed by atoms with E-state index in [1.165, 1.54) is 11.1 Å². The van der Waals surface area contributed by atoms with E-state index >= 15 is 0 Å². The quantitative estimate of drug-likeness (QED) is 0.451. The summed E-state index contributed by atoms with van der Waals surface area (Å²) < 4.78 is 0. The Hall–Kier alpha value is -4.52. The number of hydrogen-bond acceptors (Lipinski definition) is 5. The number of carbonyl (C=O) groups is 2. The molecule has 2 aliphatic rings. The molecule has 0 spiro atoms. The molecule has 4 aromatic rings. The zero-order chi connectivity index (χ0) is 25.0. The Bertz CT molecular complexity index is 1610. The number of rotatable bonds is 3. The molecule has 7 heteroatoms. The first-order valence-corrected chi connectivity index (χ1v) is 11.9. The van der Waals surface area contributed by atoms with Crippen molar-refractivity contribution in [3.8, 4) is 11.3 Å². The van der Waals surface area contributed by atoms with Gasteiger partial charge in [0.2, 0.25) is 5.96 Å². The van der Waals surface area contributed by atoms with Crippen molar-refractivity contribution in [2.24, 2.45) is 4.99 Å². The van der Waals surface area contributed by atoms with Crippen LogP contribution in [0, 0.1) is 13.8 Å². The Labute approximate surface area is 209 Å². The zero-order valence-electron chi connectivity index (χ0n) is 20.4. The monoisotopic (exact) mass is 475 g/mol. The van der Waals surface area contributed by atoms with Crippen molar-refractivity contribution < 1.29 is 9.59 Å². The lowest BCUT2D eigenvalue weighted by atomic mass is 10.0. The van der Waals surface area contributed by atoms with Crippen molar-refractivity contribution in [2.45, 2.75) is 13.8 Å². The highest BCUT2D eigenvalue weighted by atomic mass is 16.2. The molecule has 0 atom stereocenters. The molecule has 0 unspecified atom stereocenters. The lowest BCUT2D eigenvalue weighted by Crippen LogP contribution is -2.48. The summed E-state index contributed by atoms with van der Waals surface area (Å²) >= 11 is 0. The predicted molar refractivity (Wildman–Crippen MR) is 143 cm³/mol. The molecule has 3 aromatic carbocycles. The molecule has 0 saturated heterocycles. The van der Waals surface area contributed by atoms with Crippen LogP contribution in [0.1, 0.15) is 31.8 Å². The van der Waals surface area contributed by atoms with Gasteiger partial charge in [-0.3, -0.25) is 19.5 Å². The van der Waals surface area contributed by atoms with E-state index in [4.69, 9.17) is 4.98 Å². The predicted octanol–water partition coefficient (Wildman–Crippen LogP) is 5.03. The highest BCUT2D eigenvalue weighted by Crippen LogP contribution is 2.33. The first-order chi connectivity index (χ1) is 17.4. The number of pyridine rings is 1. The Morgan fingerprint density at radius 3 is 2.64 bits per heavy atom. The van der Waals surface area contributed by atoms with Crippen LogP contribution in [0.15, 0.2) is 71.7 Å². The van der Waals surface area contributed by atoms with Gasteiger partial charge in [-0.1, -0.05) is 30.3 Å². The number of carbonyl (C=O) groups excluding carboxylic acids is 2. The van der Waals surface area contributed by atoms with Gasteiger partial charge in [0.05, 0.1) is 34.6 Å². The molecule has 36 heavy (non-hydrogen) atoms. The largest absolute Gasteiger partial charge is 0.322 e. The third-order valence-electron chi connectivity index (χ3n) is 6.96. The SMILES string of the molecule is Cc1ccc(-c2cc(C(=O)Nc3ccc4c(c3)C(=O)N(C)C3=NCCN34)c3ccccc3n2)cc1C. The molecule has 0 bridgehead atoms. The van der Waals surface area contributed by atoms with Crippen LogP contribution in [0.5, 0.6) is 0 Å². The maximum absolute atomic E-state index is 13.6. The minimum atomic E-state index is -0.251. The molecule has 0 fully saturated rings. The number of amides is 2. The third-order valence-corrected chi connectivity index (χ3v) is 6.96. The standard InChI is InChI=1S/C29H25N5O2/c1-17-8-9-19(14-18(17)2)25-16-22(21-6-4-5-7-24(21)32-25)27(35)31-20-10-11-26-23(15-20)28(36)33(3)29-30-12-13-34(26)29/h4-11,14-16H,12-13H2,1-3H3,(H,31,35). The molecule has 2 aliphatic heterocycles. The summed E-state index contributed by atoms with van der Waals surface area (Å²) in [5.74, 6) is 0.287. The number of nitrogens with one attached hydrogen (secondary N) is 1. The molecular formula is C29H25N5O2. The number of para-hydroxylation sites is 1. The fraction of sp³-hybridized carbons (Fsp3) is 0.172. The number of nitrogens with zero attached hydrogens (tertiary/aromatic N) is 4. The highest BCUT2D eigenvalue weighted by Gasteiger charge is 2.35. The second kappa shape index (κ2) is 8.30. The molecule has 1 aromatic heterocycles. The van der Waals surface area contributed by atoms with Gasteiger partial charge in [-0.05, 0) is 61.4 Å². The van der Waals surface area contributed by atoms with Crippen molar-refractivity contribution in [3.63, 3.8) is 0 Å². The molecule has 3 heterocycles. The molecule has 0 aliphatic carbocycles. The fourth-order valence-corrected chi connectivity index (χ4v) is 4.85. The van der Waals surface area contributed by atoms with Crippen LogP contribution in [0.2, 0.25) is 0 Å². The van der Waals surface area contributed by atoms with Crippen LogP contribution >= 0.6 is 0 Å². The number of fused-ring (bicyclic) bond motifs is 4. The minimum absolute atomic E-state index is 0.135. The van der Waals surface area contributed by atoms with Crippen molar-refractivity contribution in [3.05, 3.63) is 89.0 Å². The molecule has 7 nitrogen and oxygen atoms in total. The Morgan fingerprint density at radius 1 is 0.972 bits per heavy atom. The summed E-state index contributed by atoms with van der Waals surface area (Å²) in [6.07, 6.45) is 0. The average molecular weight is 476 g/mol. The number of anilines is 2. The Balaban J connectivity index is 1.38. The van der Waals surface area contributed by atoms with Crippen LogP contribution in [-0.2, 0) is 0 Å². The molecule has 6 rings (SSSR count). The van der Waals surface area contributed by atoms with Crippen molar-refractivity contribution in [1.82, 2.24) is 9.88 Å². The van der Waals surface area contributed by atoms with Crippen molar-refractivity contribution in [2.75, 3.05) is 30.4 Å². The Morgan fingerprint density at radius 2 is 1.81 bits per heavy atom. The molecule has 2 amide bonds. The maximum Gasteiger partial charge on any atom is 0.262 e.